The van der Waals surface area contributed by atoms with Crippen LogP contribution in [0.5, 0.6) is 0 Å². The van der Waals surface area contributed by atoms with Gasteiger partial charge in [0.05, 0.1) is 6.61 Å². The van der Waals surface area contributed by atoms with Crippen molar-refractivity contribution in [1.82, 2.24) is 10.2 Å². The van der Waals surface area contributed by atoms with Crippen LogP contribution >= 0.6 is 0 Å². The Morgan fingerprint density at radius 1 is 1.40 bits per heavy atom. The van der Waals surface area contributed by atoms with E-state index in [1.54, 1.807) is 0 Å². The van der Waals surface area contributed by atoms with Gasteiger partial charge in [-0.2, -0.15) is 0 Å². The third-order valence-corrected chi connectivity index (χ3v) is 4.90. The summed E-state index contributed by atoms with van der Waals surface area (Å²) in [7, 11) is 1.84. The SMILES string of the molecule is CCOC(=O)C(C)(CCN1CC(C)CC(C)C1C)NC. The van der Waals surface area contributed by atoms with Crippen molar-refractivity contribution in [2.75, 3.05) is 26.7 Å². The molecule has 1 rings (SSSR count). The van der Waals surface area contributed by atoms with Crippen LogP contribution in [0.4, 0.5) is 0 Å². The molecule has 4 heteroatoms. The van der Waals surface area contributed by atoms with Gasteiger partial charge in [-0.3, -0.25) is 4.79 Å². The summed E-state index contributed by atoms with van der Waals surface area (Å²) >= 11 is 0. The third kappa shape index (κ3) is 4.19. The lowest BCUT2D eigenvalue weighted by molar-refractivity contribution is -0.150. The maximum Gasteiger partial charge on any atom is 0.326 e. The van der Waals surface area contributed by atoms with E-state index in [1.165, 1.54) is 6.42 Å². The molecular formula is C16H32N2O2. The topological polar surface area (TPSA) is 41.6 Å². The van der Waals surface area contributed by atoms with Gasteiger partial charge < -0.3 is 15.0 Å². The number of esters is 1. The maximum absolute atomic E-state index is 12.1. The summed E-state index contributed by atoms with van der Waals surface area (Å²) < 4.78 is 5.19. The van der Waals surface area contributed by atoms with Crippen molar-refractivity contribution in [1.29, 1.82) is 0 Å². The fourth-order valence-corrected chi connectivity index (χ4v) is 3.11. The van der Waals surface area contributed by atoms with Gasteiger partial charge in [-0.05, 0) is 52.5 Å². The van der Waals surface area contributed by atoms with Crippen molar-refractivity contribution < 1.29 is 9.53 Å². The zero-order valence-electron chi connectivity index (χ0n) is 14.0. The van der Waals surface area contributed by atoms with Crippen molar-refractivity contribution >= 4 is 5.97 Å². The minimum atomic E-state index is -0.584. The molecular weight excluding hydrogens is 252 g/mol. The molecule has 1 saturated heterocycles. The van der Waals surface area contributed by atoms with Crippen molar-refractivity contribution in [3.63, 3.8) is 0 Å². The first-order chi connectivity index (χ1) is 9.34. The first-order valence-electron chi connectivity index (χ1n) is 7.94. The Hall–Kier alpha value is -0.610. The summed E-state index contributed by atoms with van der Waals surface area (Å²) in [5.74, 6) is 1.32. The normalized spacial score (nSPS) is 30.8. The molecule has 1 heterocycles. The predicted octanol–water partition coefficient (Wildman–Crippen LogP) is 2.28. The first-order valence-corrected chi connectivity index (χ1v) is 7.94. The minimum absolute atomic E-state index is 0.145. The van der Waals surface area contributed by atoms with E-state index in [9.17, 15) is 4.79 Å². The number of carbonyl (C=O) groups is 1. The highest BCUT2D eigenvalue weighted by Gasteiger charge is 2.35. The van der Waals surface area contributed by atoms with Gasteiger partial charge in [-0.1, -0.05) is 13.8 Å². The van der Waals surface area contributed by atoms with E-state index >= 15 is 0 Å². The fourth-order valence-electron chi connectivity index (χ4n) is 3.11. The number of nitrogens with zero attached hydrogens (tertiary/aromatic N) is 1. The molecule has 0 amide bonds. The van der Waals surface area contributed by atoms with Crippen molar-refractivity contribution in [3.8, 4) is 0 Å². The first kappa shape index (κ1) is 17.4. The van der Waals surface area contributed by atoms with Gasteiger partial charge in [-0.15, -0.1) is 0 Å². The van der Waals surface area contributed by atoms with Crippen LogP contribution in [0.2, 0.25) is 0 Å². The Morgan fingerprint density at radius 2 is 2.05 bits per heavy atom. The van der Waals surface area contributed by atoms with Gasteiger partial charge >= 0.3 is 5.97 Å². The molecule has 4 nitrogen and oxygen atoms in total. The Morgan fingerprint density at radius 3 is 2.60 bits per heavy atom. The van der Waals surface area contributed by atoms with E-state index in [4.69, 9.17) is 4.74 Å². The standard InChI is InChI=1S/C16H32N2O2/c1-7-20-15(19)16(5,17-6)8-9-18-11-12(2)10-13(3)14(18)4/h12-14,17H,7-11H2,1-6H3. The number of hydrogen-bond donors (Lipinski definition) is 1. The van der Waals surface area contributed by atoms with Crippen LogP contribution < -0.4 is 5.32 Å². The number of carbonyl (C=O) groups excluding carboxylic acids is 1. The lowest BCUT2D eigenvalue weighted by Gasteiger charge is -2.42. The van der Waals surface area contributed by atoms with Crippen LogP contribution in [-0.2, 0) is 9.53 Å². The van der Waals surface area contributed by atoms with E-state index in [-0.39, 0.29) is 5.97 Å². The number of likely N-dealkylation sites (N-methyl/N-ethyl adjacent to an activating group) is 1. The highest BCUT2D eigenvalue weighted by molar-refractivity contribution is 5.80. The molecule has 4 unspecified atom stereocenters. The molecule has 0 aromatic carbocycles. The Bertz CT molecular complexity index is 322. The summed E-state index contributed by atoms with van der Waals surface area (Å²) in [5, 5.41) is 3.14. The van der Waals surface area contributed by atoms with Gasteiger partial charge in [0.1, 0.15) is 5.54 Å². The highest BCUT2D eigenvalue weighted by atomic mass is 16.5. The monoisotopic (exact) mass is 284 g/mol. The lowest BCUT2D eigenvalue weighted by atomic mass is 9.85. The van der Waals surface area contributed by atoms with Crippen LogP contribution in [0.3, 0.4) is 0 Å². The molecule has 0 saturated carbocycles. The van der Waals surface area contributed by atoms with Crippen LogP contribution in [0.1, 0.15) is 47.5 Å². The second-order valence-electron chi connectivity index (χ2n) is 6.61. The van der Waals surface area contributed by atoms with Gasteiger partial charge in [0.25, 0.3) is 0 Å². The Kier molecular flexibility index (Phi) is 6.46. The molecule has 0 spiro atoms. The highest BCUT2D eigenvalue weighted by Crippen LogP contribution is 2.27. The summed E-state index contributed by atoms with van der Waals surface area (Å²) in [6, 6.07) is 0.592. The fraction of sp³-hybridized carbons (Fsp3) is 0.938. The van der Waals surface area contributed by atoms with Crippen LogP contribution in [-0.4, -0.2) is 49.2 Å². The number of likely N-dealkylation sites (tertiary alicyclic amines) is 1. The number of ether oxygens (including phenoxy) is 1. The number of piperidine rings is 1. The molecule has 4 atom stereocenters. The Labute approximate surface area is 124 Å². The molecule has 0 aliphatic carbocycles. The molecule has 0 aromatic rings. The largest absolute Gasteiger partial charge is 0.465 e. The molecule has 118 valence electrons. The van der Waals surface area contributed by atoms with Crippen molar-refractivity contribution in [2.45, 2.75) is 59.0 Å². The van der Waals surface area contributed by atoms with E-state index in [0.717, 1.165) is 31.3 Å². The Balaban J connectivity index is 2.61. The van der Waals surface area contributed by atoms with E-state index in [1.807, 2.05) is 20.9 Å². The molecule has 1 N–H and O–H groups in total. The summed E-state index contributed by atoms with van der Waals surface area (Å²) in [6.45, 7) is 13.2. The van der Waals surface area contributed by atoms with Crippen LogP contribution in [0, 0.1) is 11.8 Å². The molecule has 0 radical (unpaired) electrons. The second-order valence-corrected chi connectivity index (χ2v) is 6.61. The van der Waals surface area contributed by atoms with E-state index in [2.05, 4.69) is 31.0 Å². The molecule has 1 aliphatic rings. The van der Waals surface area contributed by atoms with Crippen LogP contribution in [0.15, 0.2) is 0 Å². The lowest BCUT2D eigenvalue weighted by Crippen LogP contribution is -2.53. The van der Waals surface area contributed by atoms with E-state index in [0.29, 0.717) is 12.6 Å². The molecule has 20 heavy (non-hydrogen) atoms. The van der Waals surface area contributed by atoms with Crippen LogP contribution in [0.25, 0.3) is 0 Å². The summed E-state index contributed by atoms with van der Waals surface area (Å²) in [6.07, 6.45) is 2.09. The zero-order chi connectivity index (χ0) is 15.3. The van der Waals surface area contributed by atoms with Crippen molar-refractivity contribution in [2.24, 2.45) is 11.8 Å². The quantitative estimate of drug-likeness (QED) is 0.760. The zero-order valence-corrected chi connectivity index (χ0v) is 14.0. The summed E-state index contributed by atoms with van der Waals surface area (Å²) in [4.78, 5) is 14.6. The minimum Gasteiger partial charge on any atom is -0.465 e. The van der Waals surface area contributed by atoms with Gasteiger partial charge in [0.2, 0.25) is 0 Å². The van der Waals surface area contributed by atoms with Gasteiger partial charge in [0, 0.05) is 19.1 Å². The number of rotatable bonds is 6. The smallest absolute Gasteiger partial charge is 0.326 e. The maximum atomic E-state index is 12.1. The predicted molar refractivity (Wildman–Crippen MR) is 82.7 cm³/mol. The number of hydrogen-bond acceptors (Lipinski definition) is 4. The number of nitrogens with one attached hydrogen (secondary N) is 1. The summed E-state index contributed by atoms with van der Waals surface area (Å²) in [5.41, 5.74) is -0.584. The molecule has 0 aromatic heterocycles. The van der Waals surface area contributed by atoms with E-state index < -0.39 is 5.54 Å². The molecule has 1 fully saturated rings. The molecule has 1 aliphatic heterocycles. The van der Waals surface area contributed by atoms with Crippen molar-refractivity contribution in [3.05, 3.63) is 0 Å². The second kappa shape index (κ2) is 7.41. The molecule has 0 bridgehead atoms. The average molecular weight is 284 g/mol. The average Bonchev–Trinajstić information content (AvgIpc) is 2.41. The van der Waals surface area contributed by atoms with Gasteiger partial charge in [-0.25, -0.2) is 0 Å². The third-order valence-electron chi connectivity index (χ3n) is 4.90. The van der Waals surface area contributed by atoms with Gasteiger partial charge in [0.15, 0.2) is 0 Å².